The lowest BCUT2D eigenvalue weighted by molar-refractivity contribution is 0.873. The Labute approximate surface area is 266 Å². The minimum Gasteiger partial charge on any atom is -0.313 e. The first-order valence-corrected chi connectivity index (χ1v) is 16.2. The summed E-state index contributed by atoms with van der Waals surface area (Å²) in [5.41, 5.74) is 14.0. The van der Waals surface area contributed by atoms with Gasteiger partial charge in [0.15, 0.2) is 0 Å². The van der Waals surface area contributed by atoms with Crippen molar-refractivity contribution in [2.45, 2.75) is 19.8 Å². The molecule has 0 amide bonds. The summed E-state index contributed by atoms with van der Waals surface area (Å²) < 4.78 is 7.44. The number of aromatic nitrogens is 3. The molecule has 46 heavy (non-hydrogen) atoms. The molecule has 0 N–H and O–H groups in total. The van der Waals surface area contributed by atoms with E-state index in [0.29, 0.717) is 0 Å². The van der Waals surface area contributed by atoms with Gasteiger partial charge in [-0.3, -0.25) is 0 Å². The molecule has 3 aromatic heterocycles. The van der Waals surface area contributed by atoms with E-state index in [1.165, 1.54) is 88.4 Å². The number of benzene rings is 6. The Bertz CT molecular complexity index is 2600. The van der Waals surface area contributed by atoms with Crippen LogP contribution in [0.1, 0.15) is 23.2 Å². The zero-order valence-electron chi connectivity index (χ0n) is 25.6. The summed E-state index contributed by atoms with van der Waals surface area (Å²) in [4.78, 5) is 0. The average molecular weight is 590 g/mol. The molecule has 3 nitrogen and oxygen atoms in total. The van der Waals surface area contributed by atoms with E-state index in [-0.39, 0.29) is 0 Å². The third-order valence-electron chi connectivity index (χ3n) is 9.99. The summed E-state index contributed by atoms with van der Waals surface area (Å²) in [7, 11) is 0. The molecule has 0 bridgehead atoms. The maximum absolute atomic E-state index is 2.51. The predicted molar refractivity (Wildman–Crippen MR) is 194 cm³/mol. The average Bonchev–Trinajstić information content (AvgIpc) is 3.73. The zero-order valence-corrected chi connectivity index (χ0v) is 25.6. The Morgan fingerprint density at radius 2 is 0.935 bits per heavy atom. The van der Waals surface area contributed by atoms with Gasteiger partial charge in [-0.1, -0.05) is 84.9 Å². The molecule has 3 heteroatoms. The molecule has 3 heterocycles. The standard InChI is InChI=1S/C43H31N3/c1-28-11-10-12-29(25-28)44-42-23-21-30(45-38-17-6-2-13-32(38)33-14-3-7-18-39(33)45)26-36(42)37-27-31(22-24-43(37)44)46-40-19-8-4-15-34(40)35-16-5-9-20-41(35)46/h2-21,23,25-27H,22,24H2,1H3. The van der Waals surface area contributed by atoms with E-state index in [1.807, 2.05) is 0 Å². The van der Waals surface area contributed by atoms with Crippen LogP contribution in [0.15, 0.2) is 140 Å². The fourth-order valence-corrected chi connectivity index (χ4v) is 8.06. The van der Waals surface area contributed by atoms with Crippen LogP contribution in [0.3, 0.4) is 0 Å². The molecule has 0 aliphatic heterocycles. The highest BCUT2D eigenvalue weighted by atomic mass is 15.0. The van der Waals surface area contributed by atoms with Gasteiger partial charge in [0.05, 0.1) is 27.6 Å². The molecule has 0 saturated carbocycles. The Morgan fingerprint density at radius 1 is 0.413 bits per heavy atom. The first-order valence-electron chi connectivity index (χ1n) is 16.2. The van der Waals surface area contributed by atoms with Crippen LogP contribution in [0.2, 0.25) is 0 Å². The molecular formula is C43H31N3. The minimum atomic E-state index is 0.968. The normalized spacial score (nSPS) is 13.3. The molecule has 1 aliphatic carbocycles. The summed E-state index contributed by atoms with van der Waals surface area (Å²) in [6.45, 7) is 2.18. The fraction of sp³-hybridized carbons (Fsp3) is 0.0698. The van der Waals surface area contributed by atoms with E-state index >= 15 is 0 Å². The van der Waals surface area contributed by atoms with Gasteiger partial charge >= 0.3 is 0 Å². The van der Waals surface area contributed by atoms with Gasteiger partial charge in [0.2, 0.25) is 0 Å². The van der Waals surface area contributed by atoms with Crippen LogP contribution in [0.4, 0.5) is 0 Å². The van der Waals surface area contributed by atoms with Crippen molar-refractivity contribution >= 4 is 66.3 Å². The second kappa shape index (κ2) is 9.60. The highest BCUT2D eigenvalue weighted by Crippen LogP contribution is 2.42. The number of aryl methyl sites for hydroxylation is 1. The van der Waals surface area contributed by atoms with Gasteiger partial charge in [0.25, 0.3) is 0 Å². The molecule has 0 saturated heterocycles. The maximum atomic E-state index is 2.51. The lowest BCUT2D eigenvalue weighted by Crippen LogP contribution is -2.08. The molecule has 1 aliphatic rings. The molecule has 0 radical (unpaired) electrons. The molecule has 0 atom stereocenters. The van der Waals surface area contributed by atoms with E-state index in [1.54, 1.807) is 0 Å². The van der Waals surface area contributed by atoms with Crippen molar-refractivity contribution in [3.8, 4) is 11.4 Å². The molecule has 10 rings (SSSR count). The van der Waals surface area contributed by atoms with Crippen molar-refractivity contribution in [2.75, 3.05) is 0 Å². The number of fused-ring (bicyclic) bond motifs is 9. The van der Waals surface area contributed by atoms with Gasteiger partial charge in [-0.05, 0) is 86.0 Å². The highest BCUT2D eigenvalue weighted by molar-refractivity contribution is 6.12. The molecule has 0 spiro atoms. The summed E-state index contributed by atoms with van der Waals surface area (Å²) in [6.07, 6.45) is 4.41. The number of para-hydroxylation sites is 4. The van der Waals surface area contributed by atoms with Crippen LogP contribution < -0.4 is 0 Å². The van der Waals surface area contributed by atoms with Crippen molar-refractivity contribution in [3.05, 3.63) is 156 Å². The Kier molecular flexibility index (Phi) is 5.32. The SMILES string of the molecule is Cc1cccc(-n2c3c(c4cc(-n5c6ccccc6c6ccccc65)ccc42)C=C(n2c4ccccc4c4ccccc42)CC3)c1. The van der Waals surface area contributed by atoms with Gasteiger partial charge in [-0.15, -0.1) is 0 Å². The molecule has 0 unspecified atom stereocenters. The van der Waals surface area contributed by atoms with Gasteiger partial charge in [0, 0.05) is 55.3 Å². The first-order chi connectivity index (χ1) is 22.7. The highest BCUT2D eigenvalue weighted by Gasteiger charge is 2.24. The largest absolute Gasteiger partial charge is 0.313 e. The maximum Gasteiger partial charge on any atom is 0.0541 e. The predicted octanol–water partition coefficient (Wildman–Crippen LogP) is 11.1. The molecular weight excluding hydrogens is 558 g/mol. The van der Waals surface area contributed by atoms with Gasteiger partial charge in [0.1, 0.15) is 0 Å². The van der Waals surface area contributed by atoms with E-state index < -0.39 is 0 Å². The van der Waals surface area contributed by atoms with Crippen LogP contribution >= 0.6 is 0 Å². The minimum absolute atomic E-state index is 0.968. The summed E-state index contributed by atoms with van der Waals surface area (Å²) in [5, 5.41) is 6.47. The van der Waals surface area contributed by atoms with Crippen LogP contribution in [-0.4, -0.2) is 13.7 Å². The number of rotatable bonds is 3. The van der Waals surface area contributed by atoms with E-state index in [9.17, 15) is 0 Å². The van der Waals surface area contributed by atoms with E-state index in [0.717, 1.165) is 12.8 Å². The van der Waals surface area contributed by atoms with E-state index in [4.69, 9.17) is 0 Å². The number of hydrogen-bond donors (Lipinski definition) is 0. The number of nitrogens with zero attached hydrogens (tertiary/aromatic N) is 3. The van der Waals surface area contributed by atoms with Crippen molar-refractivity contribution in [2.24, 2.45) is 0 Å². The summed E-state index contributed by atoms with van der Waals surface area (Å²) in [6, 6.07) is 51.2. The van der Waals surface area contributed by atoms with Crippen LogP contribution in [0, 0.1) is 6.92 Å². The van der Waals surface area contributed by atoms with Gasteiger partial charge < -0.3 is 13.7 Å². The van der Waals surface area contributed by atoms with Gasteiger partial charge in [-0.25, -0.2) is 0 Å². The van der Waals surface area contributed by atoms with Crippen molar-refractivity contribution in [3.63, 3.8) is 0 Å². The second-order valence-corrected chi connectivity index (χ2v) is 12.6. The third-order valence-corrected chi connectivity index (χ3v) is 9.99. The Hall–Kier alpha value is -5.80. The molecule has 6 aromatic carbocycles. The fourth-order valence-electron chi connectivity index (χ4n) is 8.06. The first kappa shape index (κ1) is 25.5. The summed E-state index contributed by atoms with van der Waals surface area (Å²) in [5.74, 6) is 0. The lowest BCUT2D eigenvalue weighted by atomic mass is 9.99. The van der Waals surface area contributed by atoms with E-state index in [2.05, 4.69) is 166 Å². The number of hydrogen-bond acceptors (Lipinski definition) is 0. The summed E-state index contributed by atoms with van der Waals surface area (Å²) >= 11 is 0. The van der Waals surface area contributed by atoms with Gasteiger partial charge in [-0.2, -0.15) is 0 Å². The molecule has 0 fully saturated rings. The van der Waals surface area contributed by atoms with Crippen molar-refractivity contribution in [1.29, 1.82) is 0 Å². The smallest absolute Gasteiger partial charge is 0.0541 e. The molecule has 218 valence electrons. The Balaban J connectivity index is 1.28. The molecule has 9 aromatic rings. The van der Waals surface area contributed by atoms with Crippen LogP contribution in [0.5, 0.6) is 0 Å². The second-order valence-electron chi connectivity index (χ2n) is 12.6. The van der Waals surface area contributed by atoms with Crippen LogP contribution in [0.25, 0.3) is 77.7 Å². The van der Waals surface area contributed by atoms with Crippen molar-refractivity contribution < 1.29 is 0 Å². The van der Waals surface area contributed by atoms with Crippen molar-refractivity contribution in [1.82, 2.24) is 13.7 Å². The van der Waals surface area contributed by atoms with Crippen LogP contribution in [-0.2, 0) is 6.42 Å². The lowest BCUT2D eigenvalue weighted by Gasteiger charge is -2.20. The zero-order chi connectivity index (χ0) is 30.4. The monoisotopic (exact) mass is 589 g/mol. The quantitative estimate of drug-likeness (QED) is 0.195. The third kappa shape index (κ3) is 3.54. The topological polar surface area (TPSA) is 14.8 Å². The number of allylic oxidation sites excluding steroid dienone is 1. The Morgan fingerprint density at radius 3 is 1.52 bits per heavy atom.